The molecule has 4 rings (SSSR count). The lowest BCUT2D eigenvalue weighted by atomic mass is 9.65. The molecule has 4 fully saturated rings. The van der Waals surface area contributed by atoms with Crippen LogP contribution in [0.25, 0.3) is 0 Å². The third-order valence-electron chi connectivity index (χ3n) is 10.5. The fourth-order valence-electron chi connectivity index (χ4n) is 8.42. The van der Waals surface area contributed by atoms with Crippen LogP contribution in [0.2, 0.25) is 0 Å². The largest absolute Gasteiger partial charge is 0.0996 e. The molecule has 0 bridgehead atoms. The summed E-state index contributed by atoms with van der Waals surface area (Å²) in [5.41, 5.74) is 0. The molecule has 0 radical (unpaired) electrons. The minimum atomic E-state index is 0.730. The molecule has 0 atom stereocenters. The van der Waals surface area contributed by atoms with Crippen LogP contribution in [0.3, 0.4) is 0 Å². The first-order valence-corrected chi connectivity index (χ1v) is 15.3. The summed E-state index contributed by atoms with van der Waals surface area (Å²) in [6.07, 6.45) is 29.6. The minimum Gasteiger partial charge on any atom is -0.0996 e. The van der Waals surface area contributed by atoms with E-state index in [1.165, 1.54) is 77.0 Å². The van der Waals surface area contributed by atoms with E-state index in [1.807, 2.05) is 0 Å². The Labute approximate surface area is 201 Å². The summed E-state index contributed by atoms with van der Waals surface area (Å²) >= 11 is 0. The Balaban J connectivity index is 1.12. The van der Waals surface area contributed by atoms with Crippen LogP contribution >= 0.6 is 0 Å². The zero-order chi connectivity index (χ0) is 22.2. The molecule has 4 saturated carbocycles. The average molecular weight is 439 g/mol. The van der Waals surface area contributed by atoms with Crippen molar-refractivity contribution in [2.24, 2.45) is 47.3 Å². The van der Waals surface area contributed by atoms with Gasteiger partial charge in [0.25, 0.3) is 0 Å². The molecule has 0 aromatic heterocycles. The van der Waals surface area contributed by atoms with Crippen LogP contribution in [-0.4, -0.2) is 0 Å². The van der Waals surface area contributed by atoms with Gasteiger partial charge in [0.1, 0.15) is 0 Å². The molecule has 0 unspecified atom stereocenters. The van der Waals surface area contributed by atoms with Crippen LogP contribution in [0, 0.1) is 59.2 Å². The van der Waals surface area contributed by atoms with Gasteiger partial charge < -0.3 is 0 Å². The van der Waals surface area contributed by atoms with Gasteiger partial charge in [-0.2, -0.15) is 0 Å². The van der Waals surface area contributed by atoms with Crippen molar-refractivity contribution < 1.29 is 0 Å². The Kier molecular flexibility index (Phi) is 9.92. The van der Waals surface area contributed by atoms with Gasteiger partial charge in [-0.1, -0.05) is 64.2 Å². The first kappa shape index (κ1) is 24.7. The van der Waals surface area contributed by atoms with Crippen LogP contribution in [0.4, 0.5) is 0 Å². The van der Waals surface area contributed by atoms with E-state index >= 15 is 0 Å². The summed E-state index contributed by atoms with van der Waals surface area (Å²) in [7, 11) is 0. The maximum absolute atomic E-state index is 3.77. The van der Waals surface area contributed by atoms with Gasteiger partial charge in [0, 0.05) is 11.8 Å². The van der Waals surface area contributed by atoms with Gasteiger partial charge in [-0.15, -0.1) is 0 Å². The lowest BCUT2D eigenvalue weighted by molar-refractivity contribution is 0.108. The van der Waals surface area contributed by atoms with E-state index in [-0.39, 0.29) is 0 Å². The molecule has 182 valence electrons. The lowest BCUT2D eigenvalue weighted by Gasteiger charge is -2.41. The van der Waals surface area contributed by atoms with E-state index in [9.17, 15) is 0 Å². The summed E-state index contributed by atoms with van der Waals surface area (Å²) in [5, 5.41) is 0. The van der Waals surface area contributed by atoms with Crippen molar-refractivity contribution in [3.8, 4) is 11.8 Å². The standard InChI is InChI=1S/C32H54/c1-3-5-25-7-9-27(10-8-25)11-12-28-15-19-30(20-16-28)32-23-21-31(22-24-32)29-17-13-26(6-4-2)14-18-29/h25-32H,3-10,13-24H2,1-2H3. The van der Waals surface area contributed by atoms with Crippen LogP contribution < -0.4 is 0 Å². The van der Waals surface area contributed by atoms with Crippen LogP contribution in [-0.2, 0) is 0 Å². The molecule has 0 aromatic rings. The maximum atomic E-state index is 3.77. The number of rotatable bonds is 6. The van der Waals surface area contributed by atoms with E-state index in [0.29, 0.717) is 0 Å². The average Bonchev–Trinajstić information content (AvgIpc) is 2.85. The van der Waals surface area contributed by atoms with Crippen molar-refractivity contribution in [2.75, 3.05) is 0 Å². The van der Waals surface area contributed by atoms with Crippen molar-refractivity contribution in [2.45, 2.75) is 142 Å². The number of hydrogen-bond acceptors (Lipinski definition) is 0. The molecule has 0 saturated heterocycles. The Morgan fingerprint density at radius 1 is 0.406 bits per heavy atom. The maximum Gasteiger partial charge on any atom is 0.0203 e. The van der Waals surface area contributed by atoms with Crippen molar-refractivity contribution in [1.29, 1.82) is 0 Å². The molecule has 0 aliphatic heterocycles. The van der Waals surface area contributed by atoms with Crippen LogP contribution in [0.1, 0.15) is 142 Å². The molecule has 0 aromatic carbocycles. The molecule has 0 amide bonds. The minimum absolute atomic E-state index is 0.730. The molecule has 0 N–H and O–H groups in total. The normalized spacial score (nSPS) is 40.9. The molecule has 0 nitrogen and oxygen atoms in total. The zero-order valence-electron chi connectivity index (χ0n) is 21.8. The van der Waals surface area contributed by atoms with Crippen molar-refractivity contribution in [3.05, 3.63) is 0 Å². The Hall–Kier alpha value is -0.440. The van der Waals surface area contributed by atoms with Crippen molar-refractivity contribution >= 4 is 0 Å². The van der Waals surface area contributed by atoms with E-state index in [1.54, 1.807) is 51.4 Å². The van der Waals surface area contributed by atoms with E-state index < -0.39 is 0 Å². The van der Waals surface area contributed by atoms with Gasteiger partial charge in [0.2, 0.25) is 0 Å². The Bertz CT molecular complexity index is 561. The monoisotopic (exact) mass is 438 g/mol. The second kappa shape index (κ2) is 12.9. The van der Waals surface area contributed by atoms with Gasteiger partial charge in [-0.3, -0.25) is 0 Å². The highest BCUT2D eigenvalue weighted by Crippen LogP contribution is 2.46. The second-order valence-electron chi connectivity index (χ2n) is 12.7. The molecular formula is C32H54. The topological polar surface area (TPSA) is 0 Å². The fourth-order valence-corrected chi connectivity index (χ4v) is 8.42. The molecule has 0 heteroatoms. The summed E-state index contributed by atoms with van der Waals surface area (Å²) in [5.74, 6) is 15.3. The third kappa shape index (κ3) is 7.03. The molecule has 32 heavy (non-hydrogen) atoms. The predicted octanol–water partition coefficient (Wildman–Crippen LogP) is 9.82. The van der Waals surface area contributed by atoms with E-state index in [0.717, 1.165) is 47.3 Å². The van der Waals surface area contributed by atoms with E-state index in [2.05, 4.69) is 25.7 Å². The highest BCUT2D eigenvalue weighted by atomic mass is 14.4. The van der Waals surface area contributed by atoms with Gasteiger partial charge in [-0.25, -0.2) is 0 Å². The first-order valence-electron chi connectivity index (χ1n) is 15.3. The van der Waals surface area contributed by atoms with Crippen LogP contribution in [0.15, 0.2) is 0 Å². The molecule has 0 spiro atoms. The van der Waals surface area contributed by atoms with Gasteiger partial charge in [0.15, 0.2) is 0 Å². The van der Waals surface area contributed by atoms with Gasteiger partial charge >= 0.3 is 0 Å². The van der Waals surface area contributed by atoms with Crippen molar-refractivity contribution in [3.63, 3.8) is 0 Å². The quantitative estimate of drug-likeness (QED) is 0.362. The molecular weight excluding hydrogens is 384 g/mol. The SMILES string of the molecule is CCCC1CCC(C#CC2CCC(C3CCC(C4CCC(CCC)CC4)CC3)CC2)CC1. The van der Waals surface area contributed by atoms with Gasteiger partial charge in [-0.05, 0) is 125 Å². The predicted molar refractivity (Wildman–Crippen MR) is 139 cm³/mol. The van der Waals surface area contributed by atoms with Crippen LogP contribution in [0.5, 0.6) is 0 Å². The van der Waals surface area contributed by atoms with Gasteiger partial charge in [0.05, 0.1) is 0 Å². The third-order valence-corrected chi connectivity index (χ3v) is 10.5. The second-order valence-corrected chi connectivity index (χ2v) is 12.7. The Morgan fingerprint density at radius 3 is 1.06 bits per heavy atom. The number of hydrogen-bond donors (Lipinski definition) is 0. The van der Waals surface area contributed by atoms with E-state index in [4.69, 9.17) is 0 Å². The molecule has 4 aliphatic carbocycles. The lowest BCUT2D eigenvalue weighted by Crippen LogP contribution is -2.29. The smallest absolute Gasteiger partial charge is 0.0203 e. The molecule has 4 aliphatic rings. The van der Waals surface area contributed by atoms with Crippen molar-refractivity contribution in [1.82, 2.24) is 0 Å². The highest BCUT2D eigenvalue weighted by molar-refractivity contribution is 5.09. The Morgan fingerprint density at radius 2 is 0.688 bits per heavy atom. The summed E-state index contributed by atoms with van der Waals surface area (Å²) in [4.78, 5) is 0. The molecule has 0 heterocycles. The first-order chi connectivity index (χ1) is 15.7. The summed E-state index contributed by atoms with van der Waals surface area (Å²) in [6.45, 7) is 4.71. The highest BCUT2D eigenvalue weighted by Gasteiger charge is 2.34. The zero-order valence-corrected chi connectivity index (χ0v) is 21.8. The fraction of sp³-hybridized carbons (Fsp3) is 0.938. The summed E-state index contributed by atoms with van der Waals surface area (Å²) < 4.78 is 0. The summed E-state index contributed by atoms with van der Waals surface area (Å²) in [6, 6.07) is 0.